The van der Waals surface area contributed by atoms with Crippen LogP contribution in [0, 0.1) is 17.3 Å². The van der Waals surface area contributed by atoms with Crippen LogP contribution in [0.25, 0.3) is 0 Å². The number of cyclic esters (lactones) is 1. The molecule has 1 aliphatic heterocycles. The molecular formula is C11H16O4. The molecule has 0 aromatic rings. The third-order valence-corrected chi connectivity index (χ3v) is 3.24. The lowest BCUT2D eigenvalue weighted by Crippen LogP contribution is -2.38. The lowest BCUT2D eigenvalue weighted by molar-refractivity contribution is -0.199. The summed E-state index contributed by atoms with van der Waals surface area (Å²) in [6.07, 6.45) is -1.11. The first-order valence-electron chi connectivity index (χ1n) is 5.25. The molecule has 0 bridgehead atoms. The van der Waals surface area contributed by atoms with Crippen molar-refractivity contribution in [2.45, 2.75) is 40.1 Å². The van der Waals surface area contributed by atoms with E-state index in [0.717, 1.165) is 0 Å². The van der Waals surface area contributed by atoms with Gasteiger partial charge in [0.15, 0.2) is 0 Å². The normalized spacial score (nSPS) is 37.5. The summed E-state index contributed by atoms with van der Waals surface area (Å²) in [6.45, 7) is 7.45. The van der Waals surface area contributed by atoms with E-state index in [1.54, 1.807) is 0 Å². The van der Waals surface area contributed by atoms with Crippen molar-refractivity contribution in [2.24, 2.45) is 17.3 Å². The van der Waals surface area contributed by atoms with Gasteiger partial charge in [-0.25, -0.2) is 0 Å². The van der Waals surface area contributed by atoms with Crippen LogP contribution in [0.2, 0.25) is 0 Å². The van der Waals surface area contributed by atoms with Gasteiger partial charge in [0.05, 0.1) is 12.0 Å². The Morgan fingerprint density at radius 3 is 2.40 bits per heavy atom. The van der Waals surface area contributed by atoms with Gasteiger partial charge in [0.2, 0.25) is 5.78 Å². The van der Waals surface area contributed by atoms with Gasteiger partial charge in [-0.05, 0) is 19.3 Å². The minimum absolute atomic E-state index is 0.0849. The van der Waals surface area contributed by atoms with Gasteiger partial charge in [0, 0.05) is 5.92 Å². The Morgan fingerprint density at radius 1 is 1.27 bits per heavy atom. The highest BCUT2D eigenvalue weighted by molar-refractivity contribution is 5.99. The Kier molecular flexibility index (Phi) is 2.15. The lowest BCUT2D eigenvalue weighted by Gasteiger charge is -2.22. The molecule has 2 fully saturated rings. The quantitative estimate of drug-likeness (QED) is 0.644. The van der Waals surface area contributed by atoms with Crippen molar-refractivity contribution in [3.05, 3.63) is 0 Å². The van der Waals surface area contributed by atoms with Crippen molar-refractivity contribution in [3.63, 3.8) is 0 Å². The van der Waals surface area contributed by atoms with Gasteiger partial charge in [-0.2, -0.15) is 0 Å². The summed E-state index contributed by atoms with van der Waals surface area (Å²) < 4.78 is 10.3. The minimum Gasteiger partial charge on any atom is -0.428 e. The third-order valence-electron chi connectivity index (χ3n) is 3.24. The average Bonchev–Trinajstić information content (AvgIpc) is 2.64. The number of esters is 1. The predicted molar refractivity (Wildman–Crippen MR) is 51.9 cm³/mol. The van der Waals surface area contributed by atoms with Crippen molar-refractivity contribution in [1.29, 1.82) is 0 Å². The van der Waals surface area contributed by atoms with E-state index in [0.29, 0.717) is 0 Å². The van der Waals surface area contributed by atoms with Gasteiger partial charge in [-0.15, -0.1) is 0 Å². The van der Waals surface area contributed by atoms with Crippen LogP contribution in [0.5, 0.6) is 0 Å². The van der Waals surface area contributed by atoms with Gasteiger partial charge in [-0.1, -0.05) is 13.8 Å². The van der Waals surface area contributed by atoms with Crippen LogP contribution < -0.4 is 0 Å². The van der Waals surface area contributed by atoms with Gasteiger partial charge < -0.3 is 9.47 Å². The molecular weight excluding hydrogens is 196 g/mol. The highest BCUT2D eigenvalue weighted by atomic mass is 16.7. The van der Waals surface area contributed by atoms with Crippen LogP contribution >= 0.6 is 0 Å². The number of Topliss-reactive ketones (excluding diaryl/α,β-unsaturated/α-hetero) is 1. The van der Waals surface area contributed by atoms with Crippen LogP contribution in [0.3, 0.4) is 0 Å². The van der Waals surface area contributed by atoms with E-state index in [1.807, 2.05) is 27.7 Å². The fourth-order valence-electron chi connectivity index (χ4n) is 2.33. The Balaban J connectivity index is 2.14. The Morgan fingerprint density at radius 2 is 1.87 bits per heavy atom. The molecule has 2 aliphatic rings. The second-order valence-electron chi connectivity index (χ2n) is 5.13. The number of rotatable bonds is 2. The molecule has 0 radical (unpaired) electrons. The van der Waals surface area contributed by atoms with Crippen molar-refractivity contribution >= 4 is 11.8 Å². The monoisotopic (exact) mass is 212 g/mol. The van der Waals surface area contributed by atoms with Gasteiger partial charge in [-0.3, -0.25) is 9.59 Å². The first-order valence-corrected chi connectivity index (χ1v) is 5.25. The summed E-state index contributed by atoms with van der Waals surface area (Å²) in [7, 11) is 0. The third kappa shape index (κ3) is 1.47. The molecule has 1 saturated heterocycles. The van der Waals surface area contributed by atoms with E-state index >= 15 is 0 Å². The minimum atomic E-state index is -0.986. The zero-order chi connectivity index (χ0) is 11.4. The molecule has 0 aromatic carbocycles. The van der Waals surface area contributed by atoms with Crippen molar-refractivity contribution < 1.29 is 19.1 Å². The average molecular weight is 212 g/mol. The molecule has 1 heterocycles. The van der Waals surface area contributed by atoms with Crippen LogP contribution in [0.1, 0.15) is 27.7 Å². The SMILES string of the molecule is CC(C)OC1OC(=O)C2C(C1=O)C2(C)C. The Bertz CT molecular complexity index is 319. The first kappa shape index (κ1) is 10.6. The fraction of sp³-hybridized carbons (Fsp3) is 0.818. The molecule has 0 aromatic heterocycles. The molecule has 4 heteroatoms. The van der Waals surface area contributed by atoms with E-state index in [2.05, 4.69) is 0 Å². The van der Waals surface area contributed by atoms with Crippen LogP contribution in [-0.2, 0) is 19.1 Å². The molecule has 84 valence electrons. The molecule has 0 N–H and O–H groups in total. The summed E-state index contributed by atoms with van der Waals surface area (Å²) in [5.74, 6) is -0.840. The summed E-state index contributed by atoms with van der Waals surface area (Å²) in [4.78, 5) is 23.4. The van der Waals surface area contributed by atoms with Crippen LogP contribution in [-0.4, -0.2) is 24.1 Å². The number of fused-ring (bicyclic) bond motifs is 1. The first-order chi connectivity index (χ1) is 6.85. The second kappa shape index (κ2) is 3.04. The van der Waals surface area contributed by atoms with Gasteiger partial charge in [0.25, 0.3) is 6.29 Å². The molecule has 4 nitrogen and oxygen atoms in total. The number of carbonyl (C=O) groups excluding carboxylic acids is 2. The maximum absolute atomic E-state index is 11.9. The molecule has 1 aliphatic carbocycles. The number of ketones is 1. The smallest absolute Gasteiger partial charge is 0.312 e. The molecule has 0 amide bonds. The topological polar surface area (TPSA) is 52.6 Å². The zero-order valence-corrected chi connectivity index (χ0v) is 9.44. The Hall–Kier alpha value is -0.900. The van der Waals surface area contributed by atoms with Crippen molar-refractivity contribution in [2.75, 3.05) is 0 Å². The number of hydrogen-bond acceptors (Lipinski definition) is 4. The summed E-state index contributed by atoms with van der Waals surface area (Å²) in [6, 6.07) is 0. The second-order valence-corrected chi connectivity index (χ2v) is 5.13. The largest absolute Gasteiger partial charge is 0.428 e. The standard InChI is InChI=1S/C11H16O4/c1-5(2)14-10-8(12)6-7(9(13)15-10)11(6,3)4/h5-7,10H,1-4H3. The van der Waals surface area contributed by atoms with E-state index in [1.165, 1.54) is 0 Å². The van der Waals surface area contributed by atoms with Gasteiger partial charge in [0.1, 0.15) is 0 Å². The number of carbonyl (C=O) groups is 2. The van der Waals surface area contributed by atoms with E-state index in [9.17, 15) is 9.59 Å². The molecule has 3 unspecified atom stereocenters. The van der Waals surface area contributed by atoms with Crippen LogP contribution in [0.15, 0.2) is 0 Å². The number of hydrogen-bond donors (Lipinski definition) is 0. The molecule has 15 heavy (non-hydrogen) atoms. The van der Waals surface area contributed by atoms with E-state index < -0.39 is 6.29 Å². The maximum Gasteiger partial charge on any atom is 0.312 e. The summed E-state index contributed by atoms with van der Waals surface area (Å²) in [5.41, 5.74) is -0.247. The summed E-state index contributed by atoms with van der Waals surface area (Å²) in [5, 5.41) is 0. The lowest BCUT2D eigenvalue weighted by atomic mass is 10.1. The van der Waals surface area contributed by atoms with Crippen LogP contribution in [0.4, 0.5) is 0 Å². The Labute approximate surface area is 88.9 Å². The van der Waals surface area contributed by atoms with Crippen molar-refractivity contribution in [3.8, 4) is 0 Å². The summed E-state index contributed by atoms with van der Waals surface area (Å²) >= 11 is 0. The molecule has 2 rings (SSSR count). The molecule has 0 spiro atoms. The highest BCUT2D eigenvalue weighted by Crippen LogP contribution is 2.61. The fourth-order valence-corrected chi connectivity index (χ4v) is 2.33. The maximum atomic E-state index is 11.9. The van der Waals surface area contributed by atoms with Gasteiger partial charge >= 0.3 is 5.97 Å². The number of ether oxygens (including phenoxy) is 2. The van der Waals surface area contributed by atoms with Crippen molar-refractivity contribution in [1.82, 2.24) is 0 Å². The predicted octanol–water partition coefficient (Wildman–Crippen LogP) is 1.14. The van der Waals surface area contributed by atoms with E-state index in [4.69, 9.17) is 9.47 Å². The molecule has 1 saturated carbocycles. The van der Waals surface area contributed by atoms with E-state index in [-0.39, 0.29) is 35.1 Å². The molecule has 3 atom stereocenters. The highest BCUT2D eigenvalue weighted by Gasteiger charge is 2.70. The zero-order valence-electron chi connectivity index (χ0n) is 9.44.